The maximum atomic E-state index is 2.54. The van der Waals surface area contributed by atoms with Gasteiger partial charge in [-0.15, -0.1) is 0 Å². The molecule has 0 fully saturated rings. The second kappa shape index (κ2) is 8.84. The van der Waals surface area contributed by atoms with Crippen molar-refractivity contribution in [2.75, 3.05) is 36.0 Å². The van der Waals surface area contributed by atoms with Crippen LogP contribution < -0.4 is 9.80 Å². The van der Waals surface area contributed by atoms with E-state index in [1.165, 1.54) is 30.6 Å². The van der Waals surface area contributed by atoms with Crippen molar-refractivity contribution in [3.05, 3.63) is 24.3 Å². The molecule has 0 aliphatic rings. The molecule has 0 aliphatic carbocycles. The standard InChI is InChI=1S/C17H30N2/c1-5-13-18(8-4)16-11-9-10-12-17(16)19(14-6-2)15-7-3/h9-12H,5-8,13-15H2,1-4H3. The van der Waals surface area contributed by atoms with E-state index in [1.54, 1.807) is 0 Å². The molecule has 0 amide bonds. The Morgan fingerprint density at radius 1 is 0.684 bits per heavy atom. The third-order valence-corrected chi connectivity index (χ3v) is 3.43. The smallest absolute Gasteiger partial charge is 0.0604 e. The predicted molar refractivity (Wildman–Crippen MR) is 87.4 cm³/mol. The summed E-state index contributed by atoms with van der Waals surface area (Å²) in [5, 5.41) is 0. The summed E-state index contributed by atoms with van der Waals surface area (Å²) in [5.41, 5.74) is 2.80. The molecule has 1 rings (SSSR count). The topological polar surface area (TPSA) is 6.48 Å². The van der Waals surface area contributed by atoms with Crippen molar-refractivity contribution in [2.24, 2.45) is 0 Å². The van der Waals surface area contributed by atoms with Gasteiger partial charge in [-0.25, -0.2) is 0 Å². The average molecular weight is 262 g/mol. The lowest BCUT2D eigenvalue weighted by molar-refractivity contribution is 0.735. The van der Waals surface area contributed by atoms with Crippen LogP contribution in [0.2, 0.25) is 0 Å². The molecular weight excluding hydrogens is 232 g/mol. The molecule has 0 aromatic heterocycles. The summed E-state index contributed by atoms with van der Waals surface area (Å²) in [7, 11) is 0. The van der Waals surface area contributed by atoms with Gasteiger partial charge in [-0.3, -0.25) is 0 Å². The molecule has 1 aromatic rings. The normalized spacial score (nSPS) is 10.5. The summed E-state index contributed by atoms with van der Waals surface area (Å²) in [6, 6.07) is 8.87. The van der Waals surface area contributed by atoms with Crippen molar-refractivity contribution in [3.63, 3.8) is 0 Å². The first-order valence-corrected chi connectivity index (χ1v) is 7.87. The van der Waals surface area contributed by atoms with Gasteiger partial charge < -0.3 is 9.80 Å². The predicted octanol–water partition coefficient (Wildman–Crippen LogP) is 4.55. The number of hydrogen-bond donors (Lipinski definition) is 0. The first kappa shape index (κ1) is 15.9. The number of hydrogen-bond acceptors (Lipinski definition) is 2. The van der Waals surface area contributed by atoms with Gasteiger partial charge >= 0.3 is 0 Å². The minimum atomic E-state index is 1.08. The summed E-state index contributed by atoms with van der Waals surface area (Å²) >= 11 is 0. The van der Waals surface area contributed by atoms with Gasteiger partial charge in [0.15, 0.2) is 0 Å². The van der Waals surface area contributed by atoms with Gasteiger partial charge in [0, 0.05) is 26.2 Å². The second-order valence-corrected chi connectivity index (χ2v) is 5.06. The van der Waals surface area contributed by atoms with E-state index in [0.29, 0.717) is 0 Å². The van der Waals surface area contributed by atoms with E-state index in [0.717, 1.165) is 26.2 Å². The molecule has 0 N–H and O–H groups in total. The van der Waals surface area contributed by atoms with Crippen LogP contribution in [0.4, 0.5) is 11.4 Å². The third-order valence-electron chi connectivity index (χ3n) is 3.43. The summed E-state index contributed by atoms with van der Waals surface area (Å²) in [6.45, 7) is 13.5. The summed E-state index contributed by atoms with van der Waals surface area (Å²) in [5.74, 6) is 0. The van der Waals surface area contributed by atoms with Crippen molar-refractivity contribution in [3.8, 4) is 0 Å². The molecule has 1 aromatic carbocycles. The Morgan fingerprint density at radius 3 is 1.53 bits per heavy atom. The highest BCUT2D eigenvalue weighted by Gasteiger charge is 2.13. The minimum absolute atomic E-state index is 1.08. The molecular formula is C17H30N2. The molecule has 2 nitrogen and oxygen atoms in total. The van der Waals surface area contributed by atoms with Gasteiger partial charge in [0.05, 0.1) is 11.4 Å². The summed E-state index contributed by atoms with van der Waals surface area (Å²) in [4.78, 5) is 5.03. The Kier molecular flexibility index (Phi) is 7.39. The third kappa shape index (κ3) is 4.45. The van der Waals surface area contributed by atoms with Crippen molar-refractivity contribution in [2.45, 2.75) is 47.0 Å². The van der Waals surface area contributed by atoms with E-state index >= 15 is 0 Å². The zero-order valence-electron chi connectivity index (χ0n) is 13.2. The quantitative estimate of drug-likeness (QED) is 0.644. The van der Waals surface area contributed by atoms with Crippen LogP contribution in [0.3, 0.4) is 0 Å². The molecule has 0 atom stereocenters. The zero-order valence-corrected chi connectivity index (χ0v) is 13.2. The lowest BCUT2D eigenvalue weighted by Crippen LogP contribution is -2.30. The van der Waals surface area contributed by atoms with Crippen molar-refractivity contribution in [1.82, 2.24) is 0 Å². The summed E-state index contributed by atoms with van der Waals surface area (Å²) in [6.07, 6.45) is 3.60. The maximum absolute atomic E-state index is 2.54. The van der Waals surface area contributed by atoms with Gasteiger partial charge in [0.1, 0.15) is 0 Å². The van der Waals surface area contributed by atoms with Gasteiger partial charge in [0.2, 0.25) is 0 Å². The molecule has 0 saturated heterocycles. The van der Waals surface area contributed by atoms with Crippen LogP contribution in [0.5, 0.6) is 0 Å². The van der Waals surface area contributed by atoms with Crippen molar-refractivity contribution in [1.29, 1.82) is 0 Å². The van der Waals surface area contributed by atoms with E-state index < -0.39 is 0 Å². The highest BCUT2D eigenvalue weighted by Crippen LogP contribution is 2.29. The van der Waals surface area contributed by atoms with Crippen LogP contribution >= 0.6 is 0 Å². The number of rotatable bonds is 9. The number of benzene rings is 1. The average Bonchev–Trinajstić information content (AvgIpc) is 2.44. The van der Waals surface area contributed by atoms with Crippen LogP contribution in [0.1, 0.15) is 47.0 Å². The highest BCUT2D eigenvalue weighted by molar-refractivity contribution is 5.71. The van der Waals surface area contributed by atoms with Crippen molar-refractivity contribution < 1.29 is 0 Å². The molecule has 0 heterocycles. The van der Waals surface area contributed by atoms with Crippen LogP contribution in [-0.4, -0.2) is 26.2 Å². The molecule has 0 unspecified atom stereocenters. The molecule has 19 heavy (non-hydrogen) atoms. The summed E-state index contributed by atoms with van der Waals surface area (Å²) < 4.78 is 0. The van der Waals surface area contributed by atoms with Crippen LogP contribution in [-0.2, 0) is 0 Å². The lowest BCUT2D eigenvalue weighted by Gasteiger charge is -2.31. The molecule has 2 heteroatoms. The molecule has 0 bridgehead atoms. The Labute approximate surface area is 119 Å². The van der Waals surface area contributed by atoms with E-state index in [9.17, 15) is 0 Å². The van der Waals surface area contributed by atoms with Crippen molar-refractivity contribution >= 4 is 11.4 Å². The van der Waals surface area contributed by atoms with Crippen LogP contribution in [0.25, 0.3) is 0 Å². The fourth-order valence-electron chi connectivity index (χ4n) is 2.61. The van der Waals surface area contributed by atoms with E-state index in [4.69, 9.17) is 0 Å². The minimum Gasteiger partial charge on any atom is -0.370 e. The Morgan fingerprint density at radius 2 is 1.11 bits per heavy atom. The number of anilines is 2. The fraction of sp³-hybridized carbons (Fsp3) is 0.647. The van der Waals surface area contributed by atoms with Crippen LogP contribution in [0.15, 0.2) is 24.3 Å². The molecule has 0 spiro atoms. The van der Waals surface area contributed by atoms with Crippen LogP contribution in [0, 0.1) is 0 Å². The fourth-order valence-corrected chi connectivity index (χ4v) is 2.61. The second-order valence-electron chi connectivity index (χ2n) is 5.06. The monoisotopic (exact) mass is 262 g/mol. The van der Waals surface area contributed by atoms with Gasteiger partial charge in [-0.2, -0.15) is 0 Å². The molecule has 0 saturated carbocycles. The van der Waals surface area contributed by atoms with Gasteiger partial charge in [-0.1, -0.05) is 32.9 Å². The maximum Gasteiger partial charge on any atom is 0.0604 e. The first-order chi connectivity index (χ1) is 9.28. The Hall–Kier alpha value is -1.18. The van der Waals surface area contributed by atoms with E-state index in [2.05, 4.69) is 61.8 Å². The number of para-hydroxylation sites is 2. The SMILES string of the molecule is CCCN(CC)c1ccccc1N(CCC)CCC. The van der Waals surface area contributed by atoms with E-state index in [1.807, 2.05) is 0 Å². The Bertz CT molecular complexity index is 343. The highest BCUT2D eigenvalue weighted by atomic mass is 15.2. The molecule has 108 valence electrons. The van der Waals surface area contributed by atoms with Gasteiger partial charge in [-0.05, 0) is 38.3 Å². The molecule has 0 aliphatic heterocycles. The van der Waals surface area contributed by atoms with E-state index in [-0.39, 0.29) is 0 Å². The Balaban J connectivity index is 3.03. The zero-order chi connectivity index (χ0) is 14.1. The molecule has 0 radical (unpaired) electrons. The largest absolute Gasteiger partial charge is 0.370 e. The first-order valence-electron chi connectivity index (χ1n) is 7.87. The lowest BCUT2D eigenvalue weighted by atomic mass is 10.2. The van der Waals surface area contributed by atoms with Gasteiger partial charge in [0.25, 0.3) is 0 Å². The number of nitrogens with zero attached hydrogens (tertiary/aromatic N) is 2.